The molecular weight excluding hydrogens is 328 g/mol. The number of hydrogen-bond donors (Lipinski definition) is 2. The Labute approximate surface area is 158 Å². The van der Waals surface area contributed by atoms with Crippen LogP contribution in [0.25, 0.3) is 0 Å². The maximum atomic E-state index is 5.36. The van der Waals surface area contributed by atoms with Crippen molar-refractivity contribution in [1.82, 2.24) is 15.5 Å². The molecule has 2 N–H and O–H groups in total. The van der Waals surface area contributed by atoms with Gasteiger partial charge in [-0.25, -0.2) is 0 Å². The van der Waals surface area contributed by atoms with Gasteiger partial charge in [0.2, 0.25) is 0 Å². The Morgan fingerprint density at radius 3 is 2.50 bits per heavy atom. The van der Waals surface area contributed by atoms with Crippen LogP contribution >= 0.6 is 0 Å². The molecule has 1 aliphatic heterocycles. The van der Waals surface area contributed by atoms with Crippen molar-refractivity contribution < 1.29 is 9.47 Å². The van der Waals surface area contributed by atoms with Crippen LogP contribution in [0.1, 0.15) is 31.7 Å². The predicted molar refractivity (Wildman–Crippen MR) is 107 cm³/mol. The fourth-order valence-corrected chi connectivity index (χ4v) is 3.37. The molecule has 0 unspecified atom stereocenters. The molecule has 146 valence electrons. The number of piperidine rings is 1. The van der Waals surface area contributed by atoms with E-state index in [2.05, 4.69) is 27.4 Å². The first-order chi connectivity index (χ1) is 12.7. The van der Waals surface area contributed by atoms with Crippen LogP contribution in [0.2, 0.25) is 0 Å². The third-order valence-electron chi connectivity index (χ3n) is 4.94. The molecule has 0 bridgehead atoms. The van der Waals surface area contributed by atoms with Crippen LogP contribution in [-0.2, 0) is 6.54 Å². The summed E-state index contributed by atoms with van der Waals surface area (Å²) in [6, 6.07) is 5.95. The minimum absolute atomic E-state index is 0.689. The van der Waals surface area contributed by atoms with E-state index in [1.54, 1.807) is 14.2 Å². The highest BCUT2D eigenvalue weighted by Crippen LogP contribution is 2.27. The molecule has 6 heteroatoms. The molecule has 0 spiro atoms. The summed E-state index contributed by atoms with van der Waals surface area (Å²) in [6.07, 6.45) is 3.77. The van der Waals surface area contributed by atoms with Gasteiger partial charge in [-0.3, -0.25) is 4.99 Å². The molecular formula is C20H34N4O2. The summed E-state index contributed by atoms with van der Waals surface area (Å²) < 4.78 is 10.6. The minimum Gasteiger partial charge on any atom is -0.493 e. The van der Waals surface area contributed by atoms with Crippen molar-refractivity contribution in [2.75, 3.05) is 47.4 Å². The van der Waals surface area contributed by atoms with Gasteiger partial charge in [0.1, 0.15) is 0 Å². The fraction of sp³-hybridized carbons (Fsp3) is 0.650. The lowest BCUT2D eigenvalue weighted by atomic mass is 9.97. The summed E-state index contributed by atoms with van der Waals surface area (Å²) in [7, 11) is 5.11. The van der Waals surface area contributed by atoms with Gasteiger partial charge < -0.3 is 25.0 Å². The summed E-state index contributed by atoms with van der Waals surface area (Å²) in [5.74, 6) is 3.06. The molecule has 6 nitrogen and oxygen atoms in total. The molecule has 0 radical (unpaired) electrons. The molecule has 2 rings (SSSR count). The Kier molecular flexibility index (Phi) is 8.54. The topological polar surface area (TPSA) is 58.1 Å². The summed E-state index contributed by atoms with van der Waals surface area (Å²) >= 11 is 0. The number of nitrogens with zero attached hydrogens (tertiary/aromatic N) is 2. The summed E-state index contributed by atoms with van der Waals surface area (Å²) in [5, 5.41) is 6.85. The average Bonchev–Trinajstić information content (AvgIpc) is 2.69. The van der Waals surface area contributed by atoms with Crippen molar-refractivity contribution >= 4 is 5.96 Å². The lowest BCUT2D eigenvalue weighted by molar-refractivity contribution is 0.185. The molecule has 1 fully saturated rings. The van der Waals surface area contributed by atoms with Gasteiger partial charge in [0.05, 0.1) is 14.2 Å². The van der Waals surface area contributed by atoms with Gasteiger partial charge >= 0.3 is 0 Å². The molecule has 0 saturated carbocycles. The number of likely N-dealkylation sites (tertiary alicyclic amines) is 1. The molecule has 0 atom stereocenters. The second kappa shape index (κ2) is 10.9. The number of benzene rings is 1. The van der Waals surface area contributed by atoms with Gasteiger partial charge in [-0.15, -0.1) is 0 Å². The SMILES string of the molecule is CCCN1CCC(CNC(=NC)NCc2ccc(OC)c(OC)c2)CC1. The lowest BCUT2D eigenvalue weighted by Crippen LogP contribution is -2.42. The lowest BCUT2D eigenvalue weighted by Gasteiger charge is -2.32. The second-order valence-corrected chi connectivity index (χ2v) is 6.78. The zero-order valence-corrected chi connectivity index (χ0v) is 16.7. The third kappa shape index (κ3) is 6.09. The van der Waals surface area contributed by atoms with Crippen molar-refractivity contribution in [3.05, 3.63) is 23.8 Å². The van der Waals surface area contributed by atoms with Crippen molar-refractivity contribution in [3.8, 4) is 11.5 Å². The minimum atomic E-state index is 0.689. The molecule has 0 amide bonds. The fourth-order valence-electron chi connectivity index (χ4n) is 3.37. The van der Waals surface area contributed by atoms with Crippen molar-refractivity contribution in [3.63, 3.8) is 0 Å². The number of methoxy groups -OCH3 is 2. The first-order valence-electron chi connectivity index (χ1n) is 9.57. The first kappa shape index (κ1) is 20.4. The Bertz CT molecular complexity index is 569. The van der Waals surface area contributed by atoms with E-state index in [0.717, 1.165) is 35.5 Å². The molecule has 1 saturated heterocycles. The number of hydrogen-bond acceptors (Lipinski definition) is 4. The van der Waals surface area contributed by atoms with Gasteiger partial charge in [0, 0.05) is 20.1 Å². The standard InChI is InChI=1S/C20H34N4O2/c1-5-10-24-11-8-16(9-12-24)14-22-20(21-2)23-15-17-6-7-18(25-3)19(13-17)26-4/h6-7,13,16H,5,8-12,14-15H2,1-4H3,(H2,21,22,23). The van der Waals surface area contributed by atoms with Crippen LogP contribution in [-0.4, -0.2) is 58.3 Å². The van der Waals surface area contributed by atoms with Crippen LogP contribution in [0.5, 0.6) is 11.5 Å². The number of aliphatic imine (C=N–C) groups is 1. The van der Waals surface area contributed by atoms with E-state index in [0.29, 0.717) is 6.54 Å². The molecule has 0 aliphatic carbocycles. The number of guanidine groups is 1. The number of ether oxygens (including phenoxy) is 2. The Balaban J connectivity index is 1.76. The second-order valence-electron chi connectivity index (χ2n) is 6.78. The maximum absolute atomic E-state index is 5.36. The van der Waals surface area contributed by atoms with E-state index in [-0.39, 0.29) is 0 Å². The van der Waals surface area contributed by atoms with Crippen molar-refractivity contribution in [2.45, 2.75) is 32.7 Å². The third-order valence-corrected chi connectivity index (χ3v) is 4.94. The van der Waals surface area contributed by atoms with E-state index in [9.17, 15) is 0 Å². The van der Waals surface area contributed by atoms with E-state index in [4.69, 9.17) is 9.47 Å². The van der Waals surface area contributed by atoms with E-state index < -0.39 is 0 Å². The van der Waals surface area contributed by atoms with Crippen LogP contribution < -0.4 is 20.1 Å². The Morgan fingerprint density at radius 2 is 1.88 bits per heavy atom. The highest BCUT2D eigenvalue weighted by Gasteiger charge is 2.18. The van der Waals surface area contributed by atoms with Crippen LogP contribution in [0.4, 0.5) is 0 Å². The van der Waals surface area contributed by atoms with Crippen molar-refractivity contribution in [1.29, 1.82) is 0 Å². The largest absolute Gasteiger partial charge is 0.493 e. The van der Waals surface area contributed by atoms with E-state index >= 15 is 0 Å². The summed E-state index contributed by atoms with van der Waals surface area (Å²) in [6.45, 7) is 7.59. The number of nitrogens with one attached hydrogen (secondary N) is 2. The summed E-state index contributed by atoms with van der Waals surface area (Å²) in [4.78, 5) is 6.91. The highest BCUT2D eigenvalue weighted by atomic mass is 16.5. The highest BCUT2D eigenvalue weighted by molar-refractivity contribution is 5.79. The Morgan fingerprint density at radius 1 is 1.15 bits per heavy atom. The van der Waals surface area contributed by atoms with Crippen LogP contribution in [0.15, 0.2) is 23.2 Å². The van der Waals surface area contributed by atoms with Gasteiger partial charge in [-0.2, -0.15) is 0 Å². The van der Waals surface area contributed by atoms with E-state index in [1.807, 2.05) is 25.2 Å². The molecule has 1 aromatic rings. The Hall–Kier alpha value is -1.95. The van der Waals surface area contributed by atoms with Crippen LogP contribution in [0, 0.1) is 5.92 Å². The molecule has 26 heavy (non-hydrogen) atoms. The maximum Gasteiger partial charge on any atom is 0.191 e. The first-order valence-corrected chi connectivity index (χ1v) is 9.57. The zero-order chi connectivity index (χ0) is 18.8. The number of rotatable bonds is 8. The average molecular weight is 363 g/mol. The van der Waals surface area contributed by atoms with Gasteiger partial charge in [0.15, 0.2) is 17.5 Å². The molecule has 1 heterocycles. The predicted octanol–water partition coefficient (Wildman–Crippen LogP) is 2.49. The van der Waals surface area contributed by atoms with Gasteiger partial charge in [-0.05, 0) is 62.5 Å². The smallest absolute Gasteiger partial charge is 0.191 e. The van der Waals surface area contributed by atoms with Gasteiger partial charge in [0.25, 0.3) is 0 Å². The summed E-state index contributed by atoms with van der Waals surface area (Å²) in [5.41, 5.74) is 1.12. The quantitative estimate of drug-likeness (QED) is 0.550. The van der Waals surface area contributed by atoms with E-state index in [1.165, 1.54) is 38.9 Å². The monoisotopic (exact) mass is 362 g/mol. The normalized spacial score (nSPS) is 16.4. The van der Waals surface area contributed by atoms with Gasteiger partial charge in [-0.1, -0.05) is 13.0 Å². The molecule has 1 aromatic carbocycles. The molecule has 1 aliphatic rings. The zero-order valence-electron chi connectivity index (χ0n) is 16.7. The van der Waals surface area contributed by atoms with Crippen molar-refractivity contribution in [2.24, 2.45) is 10.9 Å². The molecule has 0 aromatic heterocycles. The van der Waals surface area contributed by atoms with Crippen LogP contribution in [0.3, 0.4) is 0 Å².